The molecule has 3 rings (SSSR count). The van der Waals surface area contributed by atoms with Crippen molar-refractivity contribution in [2.24, 2.45) is 0 Å². The summed E-state index contributed by atoms with van der Waals surface area (Å²) in [5, 5.41) is 2.95. The van der Waals surface area contributed by atoms with Gasteiger partial charge >= 0.3 is 0 Å². The highest BCUT2D eigenvalue weighted by atomic mass is 32.1. The van der Waals surface area contributed by atoms with Gasteiger partial charge in [-0.15, -0.1) is 0 Å². The number of nitrogens with one attached hydrogen (secondary N) is 1. The summed E-state index contributed by atoms with van der Waals surface area (Å²) in [5.74, 6) is -1.18. The van der Waals surface area contributed by atoms with Crippen LogP contribution in [0.2, 0.25) is 0 Å². The number of nitrogens with zero attached hydrogens (tertiary/aromatic N) is 2. The van der Waals surface area contributed by atoms with E-state index >= 15 is 0 Å². The molecule has 0 radical (unpaired) electrons. The normalized spacial score (nSPS) is 16.6. The summed E-state index contributed by atoms with van der Waals surface area (Å²) in [6.07, 6.45) is 0.677. The topological polar surface area (TPSA) is 52.7 Å². The molecule has 1 aliphatic heterocycles. The summed E-state index contributed by atoms with van der Waals surface area (Å²) in [6, 6.07) is 13.0. The quantitative estimate of drug-likeness (QED) is 0.749. The van der Waals surface area contributed by atoms with Gasteiger partial charge in [0.1, 0.15) is 11.9 Å². The van der Waals surface area contributed by atoms with E-state index in [0.29, 0.717) is 17.3 Å². The fourth-order valence-corrected chi connectivity index (χ4v) is 3.66. The first-order valence-corrected chi connectivity index (χ1v) is 9.58. The second-order valence-corrected chi connectivity index (χ2v) is 7.10. The van der Waals surface area contributed by atoms with Crippen molar-refractivity contribution in [1.29, 1.82) is 0 Å². The van der Waals surface area contributed by atoms with Crippen molar-refractivity contribution in [2.45, 2.75) is 32.7 Å². The first kappa shape index (κ1) is 19.9. The highest BCUT2D eigenvalue weighted by Gasteiger charge is 2.43. The Labute approximate surface area is 169 Å². The SMILES string of the molecule is CCCN1C(=S)N(c2ccccc2)C(=O)C1CC(=O)Nc1ccc(C)cc1F. The number of carbonyl (C=O) groups is 2. The van der Waals surface area contributed by atoms with Gasteiger partial charge in [0.15, 0.2) is 5.11 Å². The van der Waals surface area contributed by atoms with Crippen LogP contribution in [0.3, 0.4) is 0 Å². The molecule has 1 unspecified atom stereocenters. The van der Waals surface area contributed by atoms with Crippen molar-refractivity contribution < 1.29 is 14.0 Å². The van der Waals surface area contributed by atoms with E-state index in [0.717, 1.165) is 12.0 Å². The number of aryl methyl sites for hydroxylation is 1. The van der Waals surface area contributed by atoms with Gasteiger partial charge in [0, 0.05) is 6.54 Å². The Morgan fingerprint density at radius 3 is 2.57 bits per heavy atom. The molecule has 28 heavy (non-hydrogen) atoms. The number of benzene rings is 2. The van der Waals surface area contributed by atoms with Crippen LogP contribution in [0, 0.1) is 12.7 Å². The van der Waals surface area contributed by atoms with E-state index in [2.05, 4.69) is 5.32 Å². The zero-order chi connectivity index (χ0) is 20.3. The van der Waals surface area contributed by atoms with Crippen molar-refractivity contribution in [3.63, 3.8) is 0 Å². The maximum Gasteiger partial charge on any atom is 0.256 e. The number of hydrogen-bond acceptors (Lipinski definition) is 3. The van der Waals surface area contributed by atoms with Crippen molar-refractivity contribution in [2.75, 3.05) is 16.8 Å². The Kier molecular flexibility index (Phi) is 6.04. The van der Waals surface area contributed by atoms with Crippen LogP contribution in [0.25, 0.3) is 0 Å². The molecular formula is C21H22FN3O2S. The van der Waals surface area contributed by atoms with Crippen LogP contribution in [0.5, 0.6) is 0 Å². The molecule has 1 atom stereocenters. The second kappa shape index (κ2) is 8.48. The third-order valence-electron chi connectivity index (χ3n) is 4.57. The third-order valence-corrected chi connectivity index (χ3v) is 4.99. The number of anilines is 2. The van der Waals surface area contributed by atoms with E-state index in [1.165, 1.54) is 17.0 Å². The lowest BCUT2D eigenvalue weighted by atomic mass is 10.1. The fourth-order valence-electron chi connectivity index (χ4n) is 3.24. The molecule has 1 aliphatic rings. The molecule has 0 bridgehead atoms. The maximum absolute atomic E-state index is 14.0. The number of hydrogen-bond donors (Lipinski definition) is 1. The summed E-state index contributed by atoms with van der Waals surface area (Å²) in [5.41, 5.74) is 1.54. The van der Waals surface area contributed by atoms with Gasteiger partial charge in [-0.25, -0.2) is 4.39 Å². The van der Waals surface area contributed by atoms with Crippen molar-refractivity contribution in [3.05, 3.63) is 59.9 Å². The Balaban J connectivity index is 1.79. The van der Waals surface area contributed by atoms with Crippen molar-refractivity contribution >= 4 is 40.5 Å². The van der Waals surface area contributed by atoms with Gasteiger partial charge in [-0.1, -0.05) is 31.2 Å². The largest absolute Gasteiger partial charge is 0.336 e. The number of para-hydroxylation sites is 1. The average molecular weight is 399 g/mol. The zero-order valence-electron chi connectivity index (χ0n) is 15.8. The zero-order valence-corrected chi connectivity index (χ0v) is 16.6. The smallest absolute Gasteiger partial charge is 0.256 e. The molecule has 146 valence electrons. The fraction of sp³-hybridized carbons (Fsp3) is 0.286. The molecule has 2 aromatic carbocycles. The molecule has 7 heteroatoms. The predicted molar refractivity (Wildman–Crippen MR) is 112 cm³/mol. The Hall–Kier alpha value is -2.80. The summed E-state index contributed by atoms with van der Waals surface area (Å²) < 4.78 is 14.0. The molecular weight excluding hydrogens is 377 g/mol. The number of amides is 2. The van der Waals surface area contributed by atoms with Gasteiger partial charge in [-0.2, -0.15) is 0 Å². The monoisotopic (exact) mass is 399 g/mol. The summed E-state index contributed by atoms with van der Waals surface area (Å²) in [4.78, 5) is 28.8. The van der Waals surface area contributed by atoms with Gasteiger partial charge in [0.05, 0.1) is 17.8 Å². The minimum atomic E-state index is -0.707. The molecule has 0 aliphatic carbocycles. The van der Waals surface area contributed by atoms with Crippen LogP contribution in [0.15, 0.2) is 48.5 Å². The molecule has 1 N–H and O–H groups in total. The molecule has 2 aromatic rings. The minimum Gasteiger partial charge on any atom is -0.336 e. The molecule has 0 spiro atoms. The van der Waals surface area contributed by atoms with Crippen molar-refractivity contribution in [1.82, 2.24) is 4.90 Å². The molecule has 5 nitrogen and oxygen atoms in total. The molecule has 1 saturated heterocycles. The highest BCUT2D eigenvalue weighted by Crippen LogP contribution is 2.27. The first-order valence-electron chi connectivity index (χ1n) is 9.18. The van der Waals surface area contributed by atoms with Crippen LogP contribution < -0.4 is 10.2 Å². The van der Waals surface area contributed by atoms with E-state index < -0.39 is 17.8 Å². The molecule has 1 heterocycles. The van der Waals surface area contributed by atoms with E-state index in [4.69, 9.17) is 12.2 Å². The van der Waals surface area contributed by atoms with Crippen LogP contribution in [0.1, 0.15) is 25.3 Å². The highest BCUT2D eigenvalue weighted by molar-refractivity contribution is 7.80. The van der Waals surface area contributed by atoms with E-state index in [9.17, 15) is 14.0 Å². The summed E-state index contributed by atoms with van der Waals surface area (Å²) in [6.45, 7) is 4.31. The molecule has 0 saturated carbocycles. The molecule has 2 amide bonds. The summed E-state index contributed by atoms with van der Waals surface area (Å²) >= 11 is 5.52. The number of thiocarbonyl (C=S) groups is 1. The van der Waals surface area contributed by atoms with Crippen LogP contribution in [-0.4, -0.2) is 34.4 Å². The van der Waals surface area contributed by atoms with Gasteiger partial charge in [-0.3, -0.25) is 14.5 Å². The van der Waals surface area contributed by atoms with Gasteiger partial charge in [-0.05, 0) is 55.4 Å². The number of carbonyl (C=O) groups excluding carboxylic acids is 2. The predicted octanol–water partition coefficient (Wildman–Crippen LogP) is 3.88. The van der Waals surface area contributed by atoms with Gasteiger partial charge in [0.25, 0.3) is 5.91 Å². The third kappa shape index (κ3) is 4.04. The number of rotatable bonds is 6. The average Bonchev–Trinajstić information content (AvgIpc) is 2.89. The lowest BCUT2D eigenvalue weighted by molar-refractivity contribution is -0.124. The second-order valence-electron chi connectivity index (χ2n) is 6.74. The lowest BCUT2D eigenvalue weighted by Gasteiger charge is -2.23. The Morgan fingerprint density at radius 2 is 1.93 bits per heavy atom. The van der Waals surface area contributed by atoms with Crippen LogP contribution in [-0.2, 0) is 9.59 Å². The Morgan fingerprint density at radius 1 is 1.21 bits per heavy atom. The van der Waals surface area contributed by atoms with Crippen LogP contribution >= 0.6 is 12.2 Å². The van der Waals surface area contributed by atoms with Gasteiger partial charge < -0.3 is 10.2 Å². The van der Waals surface area contributed by atoms with E-state index in [-0.39, 0.29) is 18.0 Å². The van der Waals surface area contributed by atoms with E-state index in [1.807, 2.05) is 25.1 Å². The van der Waals surface area contributed by atoms with Gasteiger partial charge in [0.2, 0.25) is 5.91 Å². The molecule has 0 aromatic heterocycles. The van der Waals surface area contributed by atoms with Crippen molar-refractivity contribution in [3.8, 4) is 0 Å². The first-order chi connectivity index (χ1) is 13.4. The standard InChI is InChI=1S/C21H22FN3O2S/c1-3-11-24-18(13-19(26)23-17-10-9-14(2)12-16(17)22)20(27)25(21(24)28)15-7-5-4-6-8-15/h4-10,12,18H,3,11,13H2,1-2H3,(H,23,26). The Bertz CT molecular complexity index is 904. The molecule has 1 fully saturated rings. The minimum absolute atomic E-state index is 0.102. The van der Waals surface area contributed by atoms with Crippen LogP contribution in [0.4, 0.5) is 15.8 Å². The summed E-state index contributed by atoms with van der Waals surface area (Å²) in [7, 11) is 0. The lowest BCUT2D eigenvalue weighted by Crippen LogP contribution is -2.38. The maximum atomic E-state index is 14.0. The van der Waals surface area contributed by atoms with E-state index in [1.54, 1.807) is 30.0 Å². The number of halogens is 1.